The molecule has 0 radical (unpaired) electrons. The van der Waals surface area contributed by atoms with Gasteiger partial charge in [-0.05, 0) is 38.2 Å². The summed E-state index contributed by atoms with van der Waals surface area (Å²) in [7, 11) is 0. The molecule has 2 rings (SSSR count). The fourth-order valence-electron chi connectivity index (χ4n) is 2.38. The number of hydrogen-bond donors (Lipinski definition) is 2. The van der Waals surface area contributed by atoms with Crippen LogP contribution in [0.1, 0.15) is 32.6 Å². The highest BCUT2D eigenvalue weighted by atomic mass is 14.9. The van der Waals surface area contributed by atoms with Gasteiger partial charge in [-0.25, -0.2) is 0 Å². The van der Waals surface area contributed by atoms with E-state index < -0.39 is 0 Å². The van der Waals surface area contributed by atoms with E-state index in [0.29, 0.717) is 6.04 Å². The zero-order valence-corrected chi connectivity index (χ0v) is 8.92. The van der Waals surface area contributed by atoms with Crippen molar-refractivity contribution in [2.24, 2.45) is 5.73 Å². The molecule has 0 bridgehead atoms. The van der Waals surface area contributed by atoms with Gasteiger partial charge < -0.3 is 11.1 Å². The van der Waals surface area contributed by atoms with E-state index in [1.54, 1.807) is 11.1 Å². The predicted octanol–water partition coefficient (Wildman–Crippen LogP) is 1.73. The van der Waals surface area contributed by atoms with E-state index in [2.05, 4.69) is 17.5 Å². The summed E-state index contributed by atoms with van der Waals surface area (Å²) in [6.07, 6.45) is 9.68. The summed E-state index contributed by atoms with van der Waals surface area (Å²) in [4.78, 5) is 0. The Morgan fingerprint density at radius 3 is 3.21 bits per heavy atom. The average molecular weight is 192 g/mol. The summed E-state index contributed by atoms with van der Waals surface area (Å²) in [5.74, 6) is 0. The van der Waals surface area contributed by atoms with Crippen molar-refractivity contribution >= 4 is 0 Å². The van der Waals surface area contributed by atoms with Gasteiger partial charge in [-0.15, -0.1) is 0 Å². The zero-order chi connectivity index (χ0) is 9.97. The largest absolute Gasteiger partial charge is 0.327 e. The van der Waals surface area contributed by atoms with Gasteiger partial charge in [-0.2, -0.15) is 0 Å². The van der Waals surface area contributed by atoms with Crippen LogP contribution in [0.5, 0.6) is 0 Å². The molecule has 3 N–H and O–H groups in total. The summed E-state index contributed by atoms with van der Waals surface area (Å²) < 4.78 is 0. The topological polar surface area (TPSA) is 38.0 Å². The normalized spacial score (nSPS) is 28.0. The maximum Gasteiger partial charge on any atom is 0.0323 e. The van der Waals surface area contributed by atoms with Crippen LogP contribution in [0.15, 0.2) is 23.3 Å². The molecule has 2 aliphatic carbocycles. The third-order valence-electron chi connectivity index (χ3n) is 3.11. The van der Waals surface area contributed by atoms with Crippen LogP contribution in [0.25, 0.3) is 0 Å². The highest BCUT2D eigenvalue weighted by Gasteiger charge is 2.24. The Morgan fingerprint density at radius 1 is 1.57 bits per heavy atom. The highest BCUT2D eigenvalue weighted by Crippen LogP contribution is 2.33. The summed E-state index contributed by atoms with van der Waals surface area (Å²) in [5, 5.41) is 3.55. The molecule has 2 nitrogen and oxygen atoms in total. The van der Waals surface area contributed by atoms with Gasteiger partial charge in [0.25, 0.3) is 0 Å². The van der Waals surface area contributed by atoms with Crippen molar-refractivity contribution in [3.05, 3.63) is 23.3 Å². The quantitative estimate of drug-likeness (QED) is 0.714. The van der Waals surface area contributed by atoms with E-state index in [1.165, 1.54) is 25.7 Å². The van der Waals surface area contributed by atoms with Crippen LogP contribution in [0.3, 0.4) is 0 Å². The molecule has 0 aromatic heterocycles. The molecule has 2 heteroatoms. The minimum atomic E-state index is 0.257. The molecule has 0 saturated carbocycles. The molecule has 2 aliphatic rings. The van der Waals surface area contributed by atoms with E-state index >= 15 is 0 Å². The summed E-state index contributed by atoms with van der Waals surface area (Å²) in [6, 6.07) is 0.833. The molecule has 0 amide bonds. The van der Waals surface area contributed by atoms with Gasteiger partial charge in [-0.3, -0.25) is 0 Å². The van der Waals surface area contributed by atoms with Crippen molar-refractivity contribution < 1.29 is 0 Å². The number of rotatable bonds is 3. The Balaban J connectivity index is 1.95. The molecular weight excluding hydrogens is 172 g/mol. The van der Waals surface area contributed by atoms with E-state index in [9.17, 15) is 0 Å². The van der Waals surface area contributed by atoms with Crippen molar-refractivity contribution in [1.82, 2.24) is 5.32 Å². The van der Waals surface area contributed by atoms with Crippen LogP contribution >= 0.6 is 0 Å². The third kappa shape index (κ3) is 2.07. The highest BCUT2D eigenvalue weighted by molar-refractivity contribution is 5.37. The van der Waals surface area contributed by atoms with Crippen LogP contribution in [-0.4, -0.2) is 18.6 Å². The molecule has 0 saturated heterocycles. The lowest BCUT2D eigenvalue weighted by molar-refractivity contribution is 0.533. The monoisotopic (exact) mass is 192 g/mol. The second kappa shape index (κ2) is 4.28. The van der Waals surface area contributed by atoms with Crippen molar-refractivity contribution in [2.45, 2.75) is 44.7 Å². The number of hydrogen-bond acceptors (Lipinski definition) is 2. The van der Waals surface area contributed by atoms with Crippen molar-refractivity contribution in [1.29, 1.82) is 0 Å². The van der Waals surface area contributed by atoms with Crippen LogP contribution in [-0.2, 0) is 0 Å². The fourth-order valence-corrected chi connectivity index (χ4v) is 2.38. The molecule has 0 aromatic carbocycles. The molecule has 2 atom stereocenters. The number of allylic oxidation sites excluding steroid dienone is 2. The van der Waals surface area contributed by atoms with E-state index in [-0.39, 0.29) is 6.04 Å². The van der Waals surface area contributed by atoms with Gasteiger partial charge >= 0.3 is 0 Å². The van der Waals surface area contributed by atoms with Crippen LogP contribution in [0.2, 0.25) is 0 Å². The Morgan fingerprint density at radius 2 is 2.43 bits per heavy atom. The minimum absolute atomic E-state index is 0.257. The van der Waals surface area contributed by atoms with E-state index in [1.807, 2.05) is 6.92 Å². The zero-order valence-electron chi connectivity index (χ0n) is 8.92. The smallest absolute Gasteiger partial charge is 0.0323 e. The molecule has 14 heavy (non-hydrogen) atoms. The first-order valence-corrected chi connectivity index (χ1v) is 5.65. The average Bonchev–Trinajstić information content (AvgIpc) is 2.58. The fraction of sp³-hybridized carbons (Fsp3) is 0.667. The molecule has 0 fully saturated rings. The standard InChI is InChI=1S/C12H20N2/c1-9(13)8-14-12-7-6-10-4-2-3-5-11(10)12/h3,5,9,12,14H,2,4,6-8,13H2,1H3. The Bertz CT molecular complexity index is 263. The summed E-state index contributed by atoms with van der Waals surface area (Å²) in [6.45, 7) is 2.98. The van der Waals surface area contributed by atoms with Gasteiger partial charge in [-0.1, -0.05) is 17.7 Å². The lowest BCUT2D eigenvalue weighted by Crippen LogP contribution is -2.37. The SMILES string of the molecule is CC(N)CNC1CCC2=C1C=CCC2. The number of nitrogens with two attached hydrogens (primary N) is 1. The van der Waals surface area contributed by atoms with E-state index in [4.69, 9.17) is 5.73 Å². The predicted molar refractivity (Wildman–Crippen MR) is 60.1 cm³/mol. The summed E-state index contributed by atoms with van der Waals surface area (Å²) >= 11 is 0. The lowest BCUT2D eigenvalue weighted by atomic mass is 9.99. The molecule has 0 aromatic rings. The second-order valence-corrected chi connectivity index (χ2v) is 4.48. The van der Waals surface area contributed by atoms with Crippen LogP contribution < -0.4 is 11.1 Å². The van der Waals surface area contributed by atoms with Gasteiger partial charge in [0.15, 0.2) is 0 Å². The second-order valence-electron chi connectivity index (χ2n) is 4.48. The van der Waals surface area contributed by atoms with E-state index in [0.717, 1.165) is 6.54 Å². The molecule has 2 unspecified atom stereocenters. The van der Waals surface area contributed by atoms with Crippen LogP contribution in [0, 0.1) is 0 Å². The number of nitrogens with one attached hydrogen (secondary N) is 1. The van der Waals surface area contributed by atoms with Crippen molar-refractivity contribution in [2.75, 3.05) is 6.54 Å². The van der Waals surface area contributed by atoms with Crippen molar-refractivity contribution in [3.63, 3.8) is 0 Å². The molecule has 0 heterocycles. The third-order valence-corrected chi connectivity index (χ3v) is 3.11. The summed E-state index contributed by atoms with van der Waals surface area (Å²) in [5.41, 5.74) is 8.97. The van der Waals surface area contributed by atoms with Gasteiger partial charge in [0.2, 0.25) is 0 Å². The van der Waals surface area contributed by atoms with Crippen molar-refractivity contribution in [3.8, 4) is 0 Å². The van der Waals surface area contributed by atoms with Gasteiger partial charge in [0.1, 0.15) is 0 Å². The molecule has 78 valence electrons. The van der Waals surface area contributed by atoms with Gasteiger partial charge in [0.05, 0.1) is 0 Å². The van der Waals surface area contributed by atoms with Crippen LogP contribution in [0.4, 0.5) is 0 Å². The Kier molecular flexibility index (Phi) is 3.04. The molecule has 0 aliphatic heterocycles. The molecule has 0 spiro atoms. The first-order chi connectivity index (χ1) is 6.77. The lowest BCUT2D eigenvalue weighted by Gasteiger charge is -2.18. The first-order valence-electron chi connectivity index (χ1n) is 5.65. The van der Waals surface area contributed by atoms with Gasteiger partial charge in [0, 0.05) is 18.6 Å². The molecular formula is C12H20N2. The first kappa shape index (κ1) is 9.94. The maximum atomic E-state index is 5.74. The Hall–Kier alpha value is -0.600. The maximum absolute atomic E-state index is 5.74. The minimum Gasteiger partial charge on any atom is -0.327 e. The Labute approximate surface area is 86.3 Å².